The Bertz CT molecular complexity index is 1290. The van der Waals surface area contributed by atoms with E-state index in [-0.39, 0.29) is 40.7 Å². The maximum atomic E-state index is 12.9. The number of pyridine rings is 2. The standard InChI is InChI=1S/C23H19ClF5N5O4/c24-22(25,26)37-16-3-1-14(2-4-16)32-21(36)13-9-17(20(31-10-13)34-8-6-15(35)12-34)33-18-11-30-7-5-19(18)38-23(27,28)29/h1-5,7,9-11,15,33,35H,6,8,12H2,(H,32,36). The monoisotopic (exact) mass is 559 g/mol. The summed E-state index contributed by atoms with van der Waals surface area (Å²) < 4.78 is 72.5. The second-order valence-corrected chi connectivity index (χ2v) is 8.49. The van der Waals surface area contributed by atoms with E-state index in [0.717, 1.165) is 18.5 Å². The number of rotatable bonds is 8. The van der Waals surface area contributed by atoms with Gasteiger partial charge < -0.3 is 30.1 Å². The number of alkyl halides is 6. The average molecular weight is 560 g/mol. The van der Waals surface area contributed by atoms with E-state index in [2.05, 4.69) is 30.1 Å². The Morgan fingerprint density at radius 2 is 1.82 bits per heavy atom. The number of aliphatic hydroxyl groups is 1. The van der Waals surface area contributed by atoms with Gasteiger partial charge in [0.2, 0.25) is 0 Å². The fourth-order valence-corrected chi connectivity index (χ4v) is 3.73. The first-order valence-corrected chi connectivity index (χ1v) is 11.3. The molecule has 1 amide bonds. The van der Waals surface area contributed by atoms with E-state index in [0.29, 0.717) is 13.0 Å². The van der Waals surface area contributed by atoms with Crippen molar-refractivity contribution in [3.8, 4) is 11.5 Å². The molecule has 0 spiro atoms. The first-order chi connectivity index (χ1) is 17.9. The predicted molar refractivity (Wildman–Crippen MR) is 127 cm³/mol. The number of anilines is 4. The normalized spacial score (nSPS) is 15.8. The molecular weight excluding hydrogens is 541 g/mol. The SMILES string of the molecule is O=C(Nc1ccc(OC(F)(F)Cl)cc1)c1cnc(N2CCC(O)C2)c(Nc2cnccc2OC(F)(F)F)c1. The third kappa shape index (κ3) is 7.32. The number of halogens is 6. The fourth-order valence-electron chi connectivity index (χ4n) is 3.64. The van der Waals surface area contributed by atoms with Crippen molar-refractivity contribution < 1.29 is 41.3 Å². The largest absolute Gasteiger partial charge is 0.573 e. The predicted octanol–water partition coefficient (Wildman–Crippen LogP) is 5.11. The molecule has 1 saturated heterocycles. The number of carbonyl (C=O) groups excluding carboxylic acids is 1. The Balaban J connectivity index is 1.60. The molecule has 1 aromatic carbocycles. The number of aliphatic hydroxyl groups excluding tert-OH is 1. The number of ether oxygens (including phenoxy) is 2. The van der Waals surface area contributed by atoms with Gasteiger partial charge in [-0.15, -0.1) is 22.0 Å². The minimum Gasteiger partial charge on any atom is -0.420 e. The number of hydrogen-bond donors (Lipinski definition) is 3. The number of nitrogens with one attached hydrogen (secondary N) is 2. The molecule has 9 nitrogen and oxygen atoms in total. The lowest BCUT2D eigenvalue weighted by Gasteiger charge is -2.22. The van der Waals surface area contributed by atoms with Crippen molar-refractivity contribution in [2.75, 3.05) is 28.6 Å². The highest BCUT2D eigenvalue weighted by Gasteiger charge is 2.33. The van der Waals surface area contributed by atoms with Crippen LogP contribution in [0.1, 0.15) is 16.8 Å². The van der Waals surface area contributed by atoms with Crippen molar-refractivity contribution in [2.24, 2.45) is 0 Å². The minimum atomic E-state index is -4.96. The van der Waals surface area contributed by atoms with Gasteiger partial charge in [0, 0.05) is 48.8 Å². The van der Waals surface area contributed by atoms with E-state index in [1.54, 1.807) is 4.90 Å². The van der Waals surface area contributed by atoms with Crippen molar-refractivity contribution >= 4 is 40.4 Å². The molecule has 1 atom stereocenters. The number of aromatic nitrogens is 2. The van der Waals surface area contributed by atoms with Crippen molar-refractivity contribution in [3.05, 3.63) is 60.6 Å². The van der Waals surface area contributed by atoms with Gasteiger partial charge in [-0.25, -0.2) is 4.98 Å². The summed E-state index contributed by atoms with van der Waals surface area (Å²) in [5.41, 5.74) is -3.64. The molecule has 1 aliphatic rings. The molecule has 1 aliphatic heterocycles. The molecule has 0 radical (unpaired) electrons. The zero-order valence-corrected chi connectivity index (χ0v) is 19.9. The molecule has 3 N–H and O–H groups in total. The molecule has 0 aliphatic carbocycles. The van der Waals surface area contributed by atoms with E-state index < -0.39 is 29.7 Å². The van der Waals surface area contributed by atoms with Gasteiger partial charge in [-0.05, 0) is 36.8 Å². The first-order valence-electron chi connectivity index (χ1n) is 10.9. The van der Waals surface area contributed by atoms with Crippen LogP contribution in [0.3, 0.4) is 0 Å². The first kappa shape index (κ1) is 27.1. The molecule has 38 heavy (non-hydrogen) atoms. The van der Waals surface area contributed by atoms with Gasteiger partial charge in [-0.3, -0.25) is 9.78 Å². The van der Waals surface area contributed by atoms with Crippen LogP contribution in [0.5, 0.6) is 11.5 Å². The number of nitrogens with zero attached hydrogens (tertiary/aromatic N) is 3. The highest BCUT2D eigenvalue weighted by Crippen LogP contribution is 2.35. The molecule has 3 aromatic rings. The lowest BCUT2D eigenvalue weighted by atomic mass is 10.2. The van der Waals surface area contributed by atoms with Crippen molar-refractivity contribution in [2.45, 2.75) is 24.5 Å². The number of carbonyl (C=O) groups is 1. The number of benzene rings is 1. The molecule has 1 fully saturated rings. The van der Waals surface area contributed by atoms with Crippen molar-refractivity contribution in [1.29, 1.82) is 0 Å². The molecular formula is C23H19ClF5N5O4. The van der Waals surface area contributed by atoms with Crippen LogP contribution in [-0.2, 0) is 0 Å². The molecule has 202 valence electrons. The Kier molecular flexibility index (Phi) is 7.73. The zero-order valence-electron chi connectivity index (χ0n) is 19.2. The molecule has 2 aromatic heterocycles. The van der Waals surface area contributed by atoms with Crippen molar-refractivity contribution in [1.82, 2.24) is 9.97 Å². The van der Waals surface area contributed by atoms with Crippen LogP contribution in [0, 0.1) is 0 Å². The summed E-state index contributed by atoms with van der Waals surface area (Å²) >= 11 is 4.73. The average Bonchev–Trinajstić information content (AvgIpc) is 3.25. The van der Waals surface area contributed by atoms with Crippen LogP contribution in [-0.4, -0.2) is 52.1 Å². The van der Waals surface area contributed by atoms with Crippen LogP contribution in [0.25, 0.3) is 0 Å². The maximum absolute atomic E-state index is 12.9. The second kappa shape index (κ2) is 10.8. The summed E-state index contributed by atoms with van der Waals surface area (Å²) in [4.78, 5) is 22.7. The Morgan fingerprint density at radius 3 is 2.45 bits per heavy atom. The van der Waals surface area contributed by atoms with Crippen LogP contribution in [0.15, 0.2) is 55.0 Å². The Hall–Kier alpha value is -3.91. The van der Waals surface area contributed by atoms with Gasteiger partial charge in [0.05, 0.1) is 23.6 Å². The lowest BCUT2D eigenvalue weighted by molar-refractivity contribution is -0.274. The van der Waals surface area contributed by atoms with E-state index in [1.165, 1.54) is 36.5 Å². The fraction of sp³-hybridized carbons (Fsp3) is 0.261. The third-order valence-electron chi connectivity index (χ3n) is 5.21. The van der Waals surface area contributed by atoms with Gasteiger partial charge >= 0.3 is 11.9 Å². The quantitative estimate of drug-likeness (QED) is 0.258. The smallest absolute Gasteiger partial charge is 0.420 e. The third-order valence-corrected chi connectivity index (χ3v) is 5.29. The van der Waals surface area contributed by atoms with Gasteiger partial charge in [-0.2, -0.15) is 0 Å². The summed E-state index contributed by atoms with van der Waals surface area (Å²) in [6.07, 6.45) is -1.64. The summed E-state index contributed by atoms with van der Waals surface area (Å²) in [6.45, 7) is 0.644. The Morgan fingerprint density at radius 1 is 1.08 bits per heavy atom. The van der Waals surface area contributed by atoms with E-state index >= 15 is 0 Å². The zero-order chi connectivity index (χ0) is 27.5. The molecule has 15 heteroatoms. The summed E-state index contributed by atoms with van der Waals surface area (Å²) in [6, 6.07) is 7.33. The second-order valence-electron chi connectivity index (χ2n) is 8.05. The molecule has 0 saturated carbocycles. The van der Waals surface area contributed by atoms with Crippen LogP contribution >= 0.6 is 11.6 Å². The summed E-state index contributed by atoms with van der Waals surface area (Å²) in [5, 5.41) is 15.3. The topological polar surface area (TPSA) is 109 Å². The van der Waals surface area contributed by atoms with E-state index in [1.807, 2.05) is 0 Å². The number of β-amino-alcohol motifs (C(OH)–C–C–N with tert-alkyl or cyclic N) is 1. The van der Waals surface area contributed by atoms with Crippen LogP contribution in [0.4, 0.5) is 44.8 Å². The highest BCUT2D eigenvalue weighted by molar-refractivity contribution is 6.20. The van der Waals surface area contributed by atoms with Gasteiger partial charge in [0.25, 0.3) is 5.91 Å². The molecule has 1 unspecified atom stereocenters. The van der Waals surface area contributed by atoms with Gasteiger partial charge in [0.15, 0.2) is 11.6 Å². The molecule has 0 bridgehead atoms. The van der Waals surface area contributed by atoms with Gasteiger partial charge in [0.1, 0.15) is 11.4 Å². The van der Waals surface area contributed by atoms with Crippen LogP contribution < -0.4 is 25.0 Å². The lowest BCUT2D eigenvalue weighted by Crippen LogP contribution is -2.24. The van der Waals surface area contributed by atoms with E-state index in [9.17, 15) is 31.9 Å². The summed E-state index contributed by atoms with van der Waals surface area (Å²) in [7, 11) is 0. The number of hydrogen-bond acceptors (Lipinski definition) is 8. The van der Waals surface area contributed by atoms with Gasteiger partial charge in [-0.1, -0.05) is 0 Å². The highest BCUT2D eigenvalue weighted by atomic mass is 35.5. The van der Waals surface area contributed by atoms with Crippen LogP contribution in [0.2, 0.25) is 0 Å². The summed E-state index contributed by atoms with van der Waals surface area (Å²) in [5.74, 6) is -1.16. The molecule has 3 heterocycles. The van der Waals surface area contributed by atoms with E-state index in [4.69, 9.17) is 11.6 Å². The Labute approximate surface area is 217 Å². The van der Waals surface area contributed by atoms with Crippen molar-refractivity contribution in [3.63, 3.8) is 0 Å². The maximum Gasteiger partial charge on any atom is 0.573 e. The minimum absolute atomic E-state index is 0.0193. The molecule has 4 rings (SSSR count). The number of amides is 1.